The molecule has 2 heterocycles. The maximum atomic E-state index is 12.3. The van der Waals surface area contributed by atoms with Crippen LogP contribution in [0.4, 0.5) is 0 Å². The summed E-state index contributed by atoms with van der Waals surface area (Å²) < 4.78 is 6.61. The monoisotopic (exact) mass is 280 g/mol. The number of morpholine rings is 1. The van der Waals surface area contributed by atoms with Gasteiger partial charge in [-0.3, -0.25) is 9.59 Å². The van der Waals surface area contributed by atoms with Crippen LogP contribution in [0.1, 0.15) is 17.3 Å². The Morgan fingerprint density at radius 2 is 2.10 bits per heavy atom. The second-order valence-corrected chi connectivity index (χ2v) is 4.85. The summed E-state index contributed by atoms with van der Waals surface area (Å²) in [6, 6.07) is 2.79. The second kappa shape index (κ2) is 5.46. The van der Waals surface area contributed by atoms with Crippen LogP contribution in [0.2, 0.25) is 0 Å². The third kappa shape index (κ3) is 2.88. The molecule has 1 aromatic heterocycles. The molecule has 1 N–H and O–H groups in total. The van der Waals surface area contributed by atoms with Gasteiger partial charge in [-0.25, -0.2) is 4.79 Å². The smallest absolute Gasteiger partial charge is 0.334 e. The molecule has 108 valence electrons. The van der Waals surface area contributed by atoms with Crippen LogP contribution in [0.25, 0.3) is 0 Å². The van der Waals surface area contributed by atoms with Gasteiger partial charge in [0.25, 0.3) is 11.5 Å². The fourth-order valence-electron chi connectivity index (χ4n) is 2.12. The number of rotatable bonds is 2. The van der Waals surface area contributed by atoms with Crippen molar-refractivity contribution >= 4 is 11.9 Å². The third-order valence-corrected chi connectivity index (χ3v) is 3.17. The van der Waals surface area contributed by atoms with E-state index in [1.165, 1.54) is 21.7 Å². The summed E-state index contributed by atoms with van der Waals surface area (Å²) in [5.74, 6) is -1.46. The first-order valence-electron chi connectivity index (χ1n) is 6.22. The number of aryl methyl sites for hydroxylation is 1. The first kappa shape index (κ1) is 14.3. The minimum Gasteiger partial charge on any atom is -0.479 e. The number of aliphatic carboxylic acids is 1. The Morgan fingerprint density at radius 1 is 1.40 bits per heavy atom. The van der Waals surface area contributed by atoms with Gasteiger partial charge >= 0.3 is 5.97 Å². The molecule has 20 heavy (non-hydrogen) atoms. The molecule has 1 aliphatic rings. The Morgan fingerprint density at radius 3 is 2.70 bits per heavy atom. The van der Waals surface area contributed by atoms with Gasteiger partial charge in [-0.05, 0) is 13.0 Å². The molecule has 0 aliphatic carbocycles. The van der Waals surface area contributed by atoms with Crippen LogP contribution in [0.5, 0.6) is 0 Å². The van der Waals surface area contributed by atoms with Gasteiger partial charge in [-0.1, -0.05) is 0 Å². The van der Waals surface area contributed by atoms with E-state index in [1.807, 2.05) is 0 Å². The van der Waals surface area contributed by atoms with Crippen molar-refractivity contribution < 1.29 is 19.4 Å². The van der Waals surface area contributed by atoms with Crippen LogP contribution in [-0.2, 0) is 16.6 Å². The van der Waals surface area contributed by atoms with E-state index in [0.29, 0.717) is 6.54 Å². The summed E-state index contributed by atoms with van der Waals surface area (Å²) >= 11 is 0. The number of nitrogens with zero attached hydrogens (tertiary/aromatic N) is 2. The van der Waals surface area contributed by atoms with Crippen molar-refractivity contribution in [2.75, 3.05) is 13.1 Å². The first-order chi connectivity index (χ1) is 9.38. The van der Waals surface area contributed by atoms with Crippen molar-refractivity contribution in [2.45, 2.75) is 19.1 Å². The zero-order chi connectivity index (χ0) is 14.9. The lowest BCUT2D eigenvalue weighted by molar-refractivity contribution is -0.160. The molecule has 0 saturated carbocycles. The van der Waals surface area contributed by atoms with Crippen molar-refractivity contribution in [1.82, 2.24) is 9.47 Å². The van der Waals surface area contributed by atoms with E-state index in [1.54, 1.807) is 20.0 Å². The summed E-state index contributed by atoms with van der Waals surface area (Å²) in [5.41, 5.74) is -0.0294. The Kier molecular flexibility index (Phi) is 3.89. The molecule has 0 aromatic carbocycles. The van der Waals surface area contributed by atoms with Gasteiger partial charge in [0.15, 0.2) is 6.10 Å². The van der Waals surface area contributed by atoms with Crippen LogP contribution in [0, 0.1) is 0 Å². The normalized spacial score (nSPS) is 22.6. The molecule has 1 fully saturated rings. The van der Waals surface area contributed by atoms with Crippen molar-refractivity contribution in [1.29, 1.82) is 0 Å². The van der Waals surface area contributed by atoms with Crippen LogP contribution in [-0.4, -0.2) is 51.7 Å². The molecule has 2 atom stereocenters. The molecule has 0 radical (unpaired) electrons. The van der Waals surface area contributed by atoms with Crippen LogP contribution < -0.4 is 5.56 Å². The maximum absolute atomic E-state index is 12.3. The molecule has 1 amide bonds. The number of ether oxygens (including phenoxy) is 1. The molecule has 0 bridgehead atoms. The topological polar surface area (TPSA) is 88.8 Å². The van der Waals surface area contributed by atoms with Gasteiger partial charge in [0.2, 0.25) is 0 Å². The summed E-state index contributed by atoms with van der Waals surface area (Å²) in [6.07, 6.45) is 0.114. The number of aromatic nitrogens is 1. The number of carboxylic acid groups (broad SMARTS) is 1. The summed E-state index contributed by atoms with van der Waals surface area (Å²) in [6.45, 7) is 1.99. The summed E-state index contributed by atoms with van der Waals surface area (Å²) in [5, 5.41) is 8.99. The Labute approximate surface area is 115 Å². The molecule has 1 saturated heterocycles. The lowest BCUT2D eigenvalue weighted by Gasteiger charge is -2.34. The standard InChI is InChI=1S/C13H16N2O5/c1-8-6-15(7-10(20-8)13(18)19)12(17)9-3-4-14(2)11(16)5-9/h3-5,8,10H,6-7H2,1-2H3,(H,18,19)/t8-,10?/m1/s1. The predicted molar refractivity (Wildman–Crippen MR) is 69.6 cm³/mol. The molecular weight excluding hydrogens is 264 g/mol. The van der Waals surface area contributed by atoms with Gasteiger partial charge in [-0.2, -0.15) is 0 Å². The lowest BCUT2D eigenvalue weighted by atomic mass is 10.1. The third-order valence-electron chi connectivity index (χ3n) is 3.17. The molecule has 0 spiro atoms. The molecule has 7 heteroatoms. The van der Waals surface area contributed by atoms with Crippen LogP contribution >= 0.6 is 0 Å². The van der Waals surface area contributed by atoms with Crippen LogP contribution in [0.15, 0.2) is 23.1 Å². The lowest BCUT2D eigenvalue weighted by Crippen LogP contribution is -2.51. The maximum Gasteiger partial charge on any atom is 0.334 e. The molecule has 7 nitrogen and oxygen atoms in total. The van der Waals surface area contributed by atoms with E-state index in [9.17, 15) is 14.4 Å². The van der Waals surface area contributed by atoms with Gasteiger partial charge in [0.05, 0.1) is 12.6 Å². The minimum absolute atomic E-state index is 0.0201. The van der Waals surface area contributed by atoms with E-state index in [4.69, 9.17) is 9.84 Å². The quantitative estimate of drug-likeness (QED) is 0.803. The molecule has 1 aromatic rings. The predicted octanol–water partition coefficient (Wildman–Crippen LogP) is -0.301. The highest BCUT2D eigenvalue weighted by Crippen LogP contribution is 2.14. The number of pyridine rings is 1. The minimum atomic E-state index is -1.10. The largest absolute Gasteiger partial charge is 0.479 e. The fraction of sp³-hybridized carbons (Fsp3) is 0.462. The Hall–Kier alpha value is -2.15. The average molecular weight is 280 g/mol. The number of carboxylic acids is 1. The average Bonchev–Trinajstić information content (AvgIpc) is 2.40. The van der Waals surface area contributed by atoms with Gasteiger partial charge in [-0.15, -0.1) is 0 Å². The highest BCUT2D eigenvalue weighted by atomic mass is 16.5. The summed E-state index contributed by atoms with van der Waals surface area (Å²) in [7, 11) is 1.59. The van der Waals surface area contributed by atoms with E-state index in [0.717, 1.165) is 0 Å². The first-order valence-corrected chi connectivity index (χ1v) is 6.22. The van der Waals surface area contributed by atoms with Gasteiger partial charge in [0.1, 0.15) is 0 Å². The molecular formula is C13H16N2O5. The number of carbonyl (C=O) groups excluding carboxylic acids is 1. The highest BCUT2D eigenvalue weighted by Gasteiger charge is 2.33. The van der Waals surface area contributed by atoms with E-state index in [-0.39, 0.29) is 29.7 Å². The zero-order valence-corrected chi connectivity index (χ0v) is 11.3. The van der Waals surface area contributed by atoms with E-state index < -0.39 is 12.1 Å². The van der Waals surface area contributed by atoms with E-state index >= 15 is 0 Å². The number of carbonyl (C=O) groups is 2. The zero-order valence-electron chi connectivity index (χ0n) is 11.3. The van der Waals surface area contributed by atoms with Crippen molar-refractivity contribution in [2.24, 2.45) is 7.05 Å². The Balaban J connectivity index is 2.21. The SMILES string of the molecule is C[C@@H]1CN(C(=O)c2ccn(C)c(=O)c2)CC(C(=O)O)O1. The molecule has 1 aliphatic heterocycles. The number of hydrogen-bond donors (Lipinski definition) is 1. The second-order valence-electron chi connectivity index (χ2n) is 4.85. The highest BCUT2D eigenvalue weighted by molar-refractivity contribution is 5.94. The van der Waals surface area contributed by atoms with Gasteiger partial charge < -0.3 is 19.3 Å². The number of amides is 1. The fourth-order valence-corrected chi connectivity index (χ4v) is 2.12. The van der Waals surface area contributed by atoms with Gasteiger partial charge in [0, 0.05) is 31.4 Å². The van der Waals surface area contributed by atoms with Crippen molar-refractivity contribution in [3.05, 3.63) is 34.2 Å². The summed E-state index contributed by atoms with van der Waals surface area (Å²) in [4.78, 5) is 36.2. The molecule has 2 rings (SSSR count). The van der Waals surface area contributed by atoms with Crippen LogP contribution in [0.3, 0.4) is 0 Å². The van der Waals surface area contributed by atoms with Crippen molar-refractivity contribution in [3.8, 4) is 0 Å². The Bertz CT molecular complexity index is 595. The van der Waals surface area contributed by atoms with E-state index in [2.05, 4.69) is 0 Å². The van der Waals surface area contributed by atoms with Crippen molar-refractivity contribution in [3.63, 3.8) is 0 Å². The number of hydrogen-bond acceptors (Lipinski definition) is 4. The molecule has 1 unspecified atom stereocenters.